The van der Waals surface area contributed by atoms with Gasteiger partial charge < -0.3 is 212 Å². The molecule has 125 heavy (non-hydrogen) atoms. The number of carbonyl (C=O) groups excluding carboxylic acids is 6. The molecule has 0 heterocycles. The summed E-state index contributed by atoms with van der Waals surface area (Å²) in [6.07, 6.45) is -29.2. The van der Waals surface area contributed by atoms with Gasteiger partial charge in [-0.05, 0) is 62.8 Å². The topological polar surface area (TPSA) is 772 Å². The zero-order chi connectivity index (χ0) is 93.8. The number of aliphatic hydroxyl groups excluding tert-OH is 22. The molecule has 0 aliphatic heterocycles. The van der Waals surface area contributed by atoms with Crippen LogP contribution in [-0.4, -0.2) is 505 Å². The van der Waals surface area contributed by atoms with Crippen molar-refractivity contribution in [2.45, 2.75) is 193 Å². The summed E-state index contributed by atoms with van der Waals surface area (Å²) in [5.74, 6) is -3.71. The minimum atomic E-state index is -2.04. The Kier molecular flexibility index (Phi) is 66.0. The number of aliphatic hydroxyl groups is 22. The number of anilines is 1. The van der Waals surface area contributed by atoms with Gasteiger partial charge in [0.1, 0.15) is 110 Å². The van der Waals surface area contributed by atoms with Crippen LogP contribution in [0.15, 0.2) is 24.3 Å². The van der Waals surface area contributed by atoms with Crippen molar-refractivity contribution in [2.75, 3.05) is 217 Å². The summed E-state index contributed by atoms with van der Waals surface area (Å²) in [4.78, 5) is 78.0. The van der Waals surface area contributed by atoms with Gasteiger partial charge in [0.05, 0.1) is 183 Å². The number of carbonyl (C=O) groups is 6. The third-order valence-corrected chi connectivity index (χ3v) is 17.9. The van der Waals surface area contributed by atoms with Crippen LogP contribution in [0.3, 0.4) is 0 Å². The fourth-order valence-electron chi connectivity index (χ4n) is 11.0. The molecule has 0 aromatic heterocycles. The first-order valence-electron chi connectivity index (χ1n) is 41.0. The number of nitrogens with zero attached hydrogens (tertiary/aromatic N) is 1. The van der Waals surface area contributed by atoms with Gasteiger partial charge in [0.15, 0.2) is 12.2 Å². The van der Waals surface area contributed by atoms with Crippen LogP contribution in [0, 0.1) is 5.92 Å². The maximum absolute atomic E-state index is 13.7. The number of hydrogen-bond donors (Lipinski definition) is 30. The molecule has 1 aromatic carbocycles. The lowest BCUT2D eigenvalue weighted by Gasteiger charge is -2.33. The van der Waals surface area contributed by atoms with Crippen LogP contribution in [-0.2, 0) is 87.4 Å². The molecule has 0 spiro atoms. The van der Waals surface area contributed by atoms with Crippen molar-refractivity contribution in [1.82, 2.24) is 36.8 Å². The number of nitrogens with two attached hydrogens (primary N) is 1. The van der Waals surface area contributed by atoms with Gasteiger partial charge in [0, 0.05) is 52.1 Å². The summed E-state index contributed by atoms with van der Waals surface area (Å²) in [6.45, 7) is -6.60. The Hall–Kier alpha value is -5.60. The number of methoxy groups -OCH3 is 1. The van der Waals surface area contributed by atoms with Crippen LogP contribution in [0.1, 0.15) is 51.5 Å². The number of likely N-dealkylation sites (N-methyl/N-ethyl adjacent to an activating group) is 1. The van der Waals surface area contributed by atoms with Crippen LogP contribution in [0.25, 0.3) is 0 Å². The number of urea groups is 1. The minimum absolute atomic E-state index is 0.135. The van der Waals surface area contributed by atoms with Gasteiger partial charge in [-0.3, -0.25) is 28.9 Å². The Morgan fingerprint density at radius 2 is 0.680 bits per heavy atom. The summed E-state index contributed by atoms with van der Waals surface area (Å²) in [7, 11) is 3.14. The number of nitrogens with one attached hydrogen (secondary N) is 7. The summed E-state index contributed by atoms with van der Waals surface area (Å²) in [6, 6.07) is 3.40. The Labute approximate surface area is 725 Å². The summed E-state index contributed by atoms with van der Waals surface area (Å²) < 4.78 is 63.1. The average Bonchev–Trinajstić information content (AvgIpc) is 0.858. The molecule has 23 atom stereocenters. The first kappa shape index (κ1) is 117. The number of unbranched alkanes of at least 4 members (excludes halogenated alkanes) is 1. The van der Waals surface area contributed by atoms with Gasteiger partial charge in [-0.25, -0.2) is 4.79 Å². The molecule has 31 N–H and O–H groups in total. The molecule has 0 radical (unpaired) electrons. The lowest BCUT2D eigenvalue weighted by molar-refractivity contribution is -0.135. The number of amides is 7. The van der Waals surface area contributed by atoms with Gasteiger partial charge in [0.2, 0.25) is 17.7 Å². The minimum Gasteiger partial charge on any atom is -0.394 e. The molecule has 49 heteroatoms. The van der Waals surface area contributed by atoms with Gasteiger partial charge in [0.25, 0.3) is 11.8 Å². The van der Waals surface area contributed by atoms with Crippen LogP contribution < -0.4 is 43.0 Å². The fourth-order valence-corrected chi connectivity index (χ4v) is 11.0. The molecule has 1 aromatic rings. The van der Waals surface area contributed by atoms with Crippen LogP contribution in [0.4, 0.5) is 10.5 Å². The molecule has 0 bridgehead atoms. The lowest BCUT2D eigenvalue weighted by Crippen LogP contribution is -2.57. The molecule has 1 rings (SSSR count). The highest BCUT2D eigenvalue weighted by Crippen LogP contribution is 2.16. The second-order valence-corrected chi connectivity index (χ2v) is 30.1. The van der Waals surface area contributed by atoms with E-state index in [-0.39, 0.29) is 158 Å². The number of primary amides is 1. The van der Waals surface area contributed by atoms with E-state index < -0.39 is 228 Å². The zero-order valence-electron chi connectivity index (χ0n) is 71.3. The van der Waals surface area contributed by atoms with Crippen molar-refractivity contribution < 1.29 is 198 Å². The van der Waals surface area contributed by atoms with Crippen molar-refractivity contribution >= 4 is 41.3 Å². The van der Waals surface area contributed by atoms with Crippen LogP contribution >= 0.6 is 0 Å². The summed E-state index contributed by atoms with van der Waals surface area (Å²) in [5, 5.41) is 240. The SMILES string of the molecule is CN[C@@H](CCCCNC(=O)C(O)COCC(O)COCC(O)COCC(O)COCC(O)COCC(O)COCC(O)COCC(O)COCC(O)COCC(O)COCC(O)COCC(O)C(=O)NCCN(C[C@H](O)[C@@H](O)[C@H](O)[C@H](O)CO)C[C@H](O)[C@@H](O)[C@H](O)[C@H](O)CO)C(=O)N[C@H](C(=O)N[C@@H](CCCNC(N)=O)C(=O)Nc1ccc(COC)cc1)C(C)C. The smallest absolute Gasteiger partial charge is 0.312 e. The molecule has 0 fully saturated rings. The second kappa shape index (κ2) is 70.3. The van der Waals surface area contributed by atoms with E-state index in [1.165, 1.54) is 0 Å². The third kappa shape index (κ3) is 56.6. The van der Waals surface area contributed by atoms with Gasteiger partial charge >= 0.3 is 6.03 Å². The molecule has 0 aliphatic carbocycles. The highest BCUT2D eigenvalue weighted by molar-refractivity contribution is 5.98. The van der Waals surface area contributed by atoms with Crippen LogP contribution in [0.2, 0.25) is 0 Å². The molecule has 0 saturated carbocycles. The number of benzene rings is 1. The summed E-state index contributed by atoms with van der Waals surface area (Å²) >= 11 is 0. The molecule has 12 unspecified atom stereocenters. The monoisotopic (exact) mass is 1820 g/mol. The van der Waals surface area contributed by atoms with E-state index in [1.54, 1.807) is 52.3 Å². The Morgan fingerprint density at radius 1 is 0.368 bits per heavy atom. The van der Waals surface area contributed by atoms with E-state index in [2.05, 4.69) is 37.2 Å². The molecular weight excluding hydrogens is 1680 g/mol. The molecular formula is C76H143N9O40. The standard InChI is InChI=1S/C76H143N9O40/c1-45(2)66(75(112)83-59(9-7-15-81-76(77)113)72(109)82-47-12-10-46(11-13-47)22-114-4)84-71(108)58(78-3)8-5-6-14-79-73(110)64(102)43-124-41-56(96)39-122-37-54(94)35-120-33-52(92)31-118-29-50(90)27-116-25-48(88)23-115-24-49(89)26-117-28-51(91)30-119-32-53(93)34-121-36-55(95)38-123-40-57(97)42-125-44-65(103)74(111)80-16-17-85(18-60(98)67(104)69(106)62(100)20-86)19-61(99)68(105)70(107)63(101)21-87/h10-13,45,48-70,78,86-107H,5-9,14-44H2,1-4H3,(H,79,110)(H,80,111)(H,82,109)(H,83,112)(H,84,108)(H3,77,81,113)/t48?,49?,50?,51?,52?,53?,54?,55?,56?,57?,58-,59-,60-,61-,62+,63+,64?,65?,66-,67+,68+,69+,70+/m0/s1. The predicted octanol–water partition coefficient (Wildman–Crippen LogP) is -14.5. The van der Waals surface area contributed by atoms with E-state index in [4.69, 9.17) is 72.8 Å². The first-order chi connectivity index (χ1) is 59.4. The molecule has 0 aliphatic rings. The maximum Gasteiger partial charge on any atom is 0.312 e. The normalized spacial score (nSPS) is 17.6. The van der Waals surface area contributed by atoms with Crippen molar-refractivity contribution in [3.05, 3.63) is 29.8 Å². The highest BCUT2D eigenvalue weighted by atomic mass is 16.6. The lowest BCUT2D eigenvalue weighted by atomic mass is 10.0. The number of hydrogen-bond acceptors (Lipinski definition) is 42. The van der Waals surface area contributed by atoms with E-state index >= 15 is 0 Å². The fraction of sp³-hybridized carbons (Fsp3) is 0.842. The third-order valence-electron chi connectivity index (χ3n) is 17.9. The summed E-state index contributed by atoms with van der Waals surface area (Å²) in [5.41, 5.74) is 6.54. The van der Waals surface area contributed by atoms with E-state index in [0.29, 0.717) is 38.0 Å². The van der Waals surface area contributed by atoms with Gasteiger partial charge in [-0.15, -0.1) is 0 Å². The molecule has 732 valence electrons. The first-order valence-corrected chi connectivity index (χ1v) is 41.0. The molecule has 49 nitrogen and oxygen atoms in total. The van der Waals surface area contributed by atoms with Crippen molar-refractivity contribution in [3.63, 3.8) is 0 Å². The Balaban J connectivity index is 2.19. The van der Waals surface area contributed by atoms with Crippen molar-refractivity contribution in [1.29, 1.82) is 0 Å². The largest absolute Gasteiger partial charge is 0.394 e. The Bertz CT molecular complexity index is 2900. The maximum atomic E-state index is 13.7. The van der Waals surface area contributed by atoms with Crippen molar-refractivity contribution in [2.24, 2.45) is 11.7 Å². The molecule has 7 amide bonds. The van der Waals surface area contributed by atoms with Gasteiger partial charge in [-0.1, -0.05) is 26.0 Å². The van der Waals surface area contributed by atoms with Crippen molar-refractivity contribution in [3.8, 4) is 0 Å². The average molecular weight is 1820 g/mol. The second-order valence-electron chi connectivity index (χ2n) is 30.1. The van der Waals surface area contributed by atoms with E-state index in [0.717, 1.165) is 10.5 Å². The number of ether oxygens (including phenoxy) is 12. The molecule has 0 saturated heterocycles. The van der Waals surface area contributed by atoms with E-state index in [1.807, 2.05) is 0 Å². The predicted molar refractivity (Wildman–Crippen MR) is 434 cm³/mol. The quantitative estimate of drug-likeness (QED) is 0.0269. The van der Waals surface area contributed by atoms with Gasteiger partial charge in [-0.2, -0.15) is 0 Å². The zero-order valence-corrected chi connectivity index (χ0v) is 71.3. The van der Waals surface area contributed by atoms with Crippen LogP contribution in [0.5, 0.6) is 0 Å². The highest BCUT2D eigenvalue weighted by Gasteiger charge is 2.36. The number of rotatable bonds is 80. The Morgan fingerprint density at radius 3 is 0.992 bits per heavy atom. The van der Waals surface area contributed by atoms with E-state index in [9.17, 15) is 131 Å².